The van der Waals surface area contributed by atoms with E-state index in [0.29, 0.717) is 0 Å². The third-order valence-electron chi connectivity index (χ3n) is 3.41. The SMILES string of the molecule is CC(C)(C)n1cc(C#N)c(C#N)c1Nc1c(Cl)c(F)c(Cl)c(F)c1Cl. The Morgan fingerprint density at radius 2 is 1.52 bits per heavy atom. The van der Waals surface area contributed by atoms with Crippen LogP contribution < -0.4 is 5.32 Å². The molecule has 130 valence electrons. The molecule has 9 heteroatoms. The molecule has 0 unspecified atom stereocenters. The second-order valence-electron chi connectivity index (χ2n) is 6.10. The van der Waals surface area contributed by atoms with E-state index in [0.717, 1.165) is 0 Å². The lowest BCUT2D eigenvalue weighted by Crippen LogP contribution is -2.22. The molecule has 0 fully saturated rings. The van der Waals surface area contributed by atoms with Crippen molar-refractivity contribution in [2.45, 2.75) is 26.3 Å². The van der Waals surface area contributed by atoms with Gasteiger partial charge in [-0.1, -0.05) is 34.8 Å². The second kappa shape index (κ2) is 6.72. The monoisotopic (exact) mass is 402 g/mol. The van der Waals surface area contributed by atoms with Gasteiger partial charge >= 0.3 is 0 Å². The van der Waals surface area contributed by atoms with E-state index in [1.165, 1.54) is 6.20 Å². The van der Waals surface area contributed by atoms with Gasteiger partial charge in [-0.05, 0) is 20.8 Å². The minimum Gasteiger partial charge on any atom is -0.338 e. The maximum absolute atomic E-state index is 14.0. The molecule has 1 N–H and O–H groups in total. The molecule has 0 aliphatic carbocycles. The Hall–Kier alpha value is -1.99. The lowest BCUT2D eigenvalue weighted by molar-refractivity contribution is 0.403. The number of nitriles is 2. The number of benzene rings is 1. The van der Waals surface area contributed by atoms with Gasteiger partial charge in [0.05, 0.1) is 11.3 Å². The number of nitrogens with zero attached hydrogens (tertiary/aromatic N) is 3. The van der Waals surface area contributed by atoms with Crippen molar-refractivity contribution >= 4 is 46.3 Å². The van der Waals surface area contributed by atoms with Crippen LogP contribution in [0.25, 0.3) is 0 Å². The van der Waals surface area contributed by atoms with Crippen molar-refractivity contribution in [3.05, 3.63) is 44.0 Å². The summed E-state index contributed by atoms with van der Waals surface area (Å²) in [4.78, 5) is 0. The third-order valence-corrected chi connectivity index (χ3v) is 4.46. The first kappa shape index (κ1) is 19.3. The summed E-state index contributed by atoms with van der Waals surface area (Å²) in [6, 6.07) is 3.81. The summed E-state index contributed by atoms with van der Waals surface area (Å²) in [5, 5.41) is 19.4. The lowest BCUT2D eigenvalue weighted by atomic mass is 10.1. The van der Waals surface area contributed by atoms with Gasteiger partial charge in [-0.25, -0.2) is 8.78 Å². The molecule has 1 aromatic heterocycles. The predicted octanol–water partition coefficient (Wildman–Crippen LogP) is 5.97. The standard InChI is InChI=1S/C16H11Cl3F2N4/c1-16(2,3)25-6-7(4-22)8(5-23)15(25)24-14-10(18)12(20)9(17)13(21)11(14)19/h6,24H,1-3H3. The van der Waals surface area contributed by atoms with Gasteiger partial charge in [-0.3, -0.25) is 0 Å². The predicted molar refractivity (Wildman–Crippen MR) is 93.5 cm³/mol. The largest absolute Gasteiger partial charge is 0.338 e. The molecule has 0 radical (unpaired) electrons. The van der Waals surface area contributed by atoms with E-state index in [-0.39, 0.29) is 22.6 Å². The Kier molecular flexibility index (Phi) is 5.20. The fourth-order valence-corrected chi connectivity index (χ4v) is 3.00. The Balaban J connectivity index is 2.77. The molecule has 0 saturated heterocycles. The first-order valence-electron chi connectivity index (χ1n) is 6.89. The average Bonchev–Trinajstić information content (AvgIpc) is 2.92. The van der Waals surface area contributed by atoms with Crippen LogP contribution in [0.1, 0.15) is 31.9 Å². The number of halogens is 5. The molecule has 25 heavy (non-hydrogen) atoms. The maximum Gasteiger partial charge on any atom is 0.165 e. The molecule has 0 atom stereocenters. The fraction of sp³-hybridized carbons (Fsp3) is 0.250. The van der Waals surface area contributed by atoms with Crippen LogP contribution in [-0.2, 0) is 5.54 Å². The summed E-state index contributed by atoms with van der Waals surface area (Å²) in [5.41, 5.74) is -0.736. The van der Waals surface area contributed by atoms with Crippen LogP contribution in [0.15, 0.2) is 6.20 Å². The molecule has 0 saturated carbocycles. The van der Waals surface area contributed by atoms with Gasteiger partial charge in [-0.15, -0.1) is 0 Å². The molecular weight excluding hydrogens is 393 g/mol. The van der Waals surface area contributed by atoms with E-state index in [2.05, 4.69) is 5.32 Å². The van der Waals surface area contributed by atoms with Crippen LogP contribution in [0, 0.1) is 34.3 Å². The molecule has 0 bridgehead atoms. The molecule has 1 aromatic carbocycles. The van der Waals surface area contributed by atoms with Crippen molar-refractivity contribution < 1.29 is 8.78 Å². The van der Waals surface area contributed by atoms with Crippen LogP contribution in [0.4, 0.5) is 20.3 Å². The minimum atomic E-state index is -1.18. The summed E-state index contributed by atoms with van der Waals surface area (Å²) >= 11 is 17.3. The van der Waals surface area contributed by atoms with Crippen molar-refractivity contribution in [2.75, 3.05) is 5.32 Å². The maximum atomic E-state index is 14.0. The number of rotatable bonds is 2. The fourth-order valence-electron chi connectivity index (χ4n) is 2.19. The summed E-state index contributed by atoms with van der Waals surface area (Å²) in [6.07, 6.45) is 1.46. The number of nitrogens with one attached hydrogen (secondary N) is 1. The second-order valence-corrected chi connectivity index (χ2v) is 7.23. The number of aromatic nitrogens is 1. The van der Waals surface area contributed by atoms with Crippen LogP contribution in [0.2, 0.25) is 15.1 Å². The number of hydrogen-bond donors (Lipinski definition) is 1. The van der Waals surface area contributed by atoms with Gasteiger partial charge < -0.3 is 9.88 Å². The molecule has 0 spiro atoms. The van der Waals surface area contributed by atoms with Crippen LogP contribution >= 0.6 is 34.8 Å². The van der Waals surface area contributed by atoms with E-state index in [1.807, 2.05) is 32.9 Å². The Bertz CT molecular complexity index is 917. The molecule has 4 nitrogen and oxygen atoms in total. The molecule has 2 rings (SSSR count). The Morgan fingerprint density at radius 3 is 1.92 bits per heavy atom. The number of anilines is 2. The highest BCUT2D eigenvalue weighted by Gasteiger charge is 2.27. The smallest absolute Gasteiger partial charge is 0.165 e. The summed E-state index contributed by atoms with van der Waals surface area (Å²) in [6.45, 7) is 5.48. The number of hydrogen-bond acceptors (Lipinski definition) is 3. The van der Waals surface area contributed by atoms with E-state index in [1.54, 1.807) is 4.57 Å². The van der Waals surface area contributed by atoms with Crippen LogP contribution in [-0.4, -0.2) is 4.57 Å². The van der Waals surface area contributed by atoms with Crippen molar-refractivity contribution in [1.29, 1.82) is 10.5 Å². The van der Waals surface area contributed by atoms with E-state index >= 15 is 0 Å². The third kappa shape index (κ3) is 3.26. The van der Waals surface area contributed by atoms with Crippen LogP contribution in [0.3, 0.4) is 0 Å². The summed E-state index contributed by atoms with van der Waals surface area (Å²) in [5.74, 6) is -2.22. The first-order chi connectivity index (χ1) is 11.5. The minimum absolute atomic E-state index is 0.000301. The van der Waals surface area contributed by atoms with E-state index in [4.69, 9.17) is 34.8 Å². The van der Waals surface area contributed by atoms with Gasteiger partial charge in [0, 0.05) is 11.7 Å². The molecule has 0 aliphatic heterocycles. The van der Waals surface area contributed by atoms with Gasteiger partial charge in [0.2, 0.25) is 0 Å². The molecule has 2 aromatic rings. The average molecular weight is 404 g/mol. The lowest BCUT2D eigenvalue weighted by Gasteiger charge is -2.25. The summed E-state index contributed by atoms with van der Waals surface area (Å²) in [7, 11) is 0. The van der Waals surface area contributed by atoms with E-state index < -0.39 is 32.2 Å². The van der Waals surface area contributed by atoms with E-state index in [9.17, 15) is 19.3 Å². The molecular formula is C16H11Cl3F2N4. The highest BCUT2D eigenvalue weighted by Crippen LogP contribution is 2.42. The van der Waals surface area contributed by atoms with Crippen LogP contribution in [0.5, 0.6) is 0 Å². The molecule has 0 amide bonds. The molecule has 1 heterocycles. The Labute approximate surface area is 158 Å². The van der Waals surface area contributed by atoms with Crippen molar-refractivity contribution in [3.63, 3.8) is 0 Å². The van der Waals surface area contributed by atoms with Crippen molar-refractivity contribution in [2.24, 2.45) is 0 Å². The van der Waals surface area contributed by atoms with Gasteiger partial charge in [-0.2, -0.15) is 10.5 Å². The zero-order valence-electron chi connectivity index (χ0n) is 13.3. The van der Waals surface area contributed by atoms with Crippen molar-refractivity contribution in [3.8, 4) is 12.1 Å². The highest BCUT2D eigenvalue weighted by molar-refractivity contribution is 6.42. The van der Waals surface area contributed by atoms with Gasteiger partial charge in [0.1, 0.15) is 38.6 Å². The molecule has 0 aliphatic rings. The van der Waals surface area contributed by atoms with Gasteiger partial charge in [0.15, 0.2) is 11.6 Å². The normalized spacial score (nSPS) is 11.1. The topological polar surface area (TPSA) is 64.5 Å². The zero-order chi connectivity index (χ0) is 19.1. The Morgan fingerprint density at radius 1 is 1.00 bits per heavy atom. The first-order valence-corrected chi connectivity index (χ1v) is 8.02. The quantitative estimate of drug-likeness (QED) is 0.496. The van der Waals surface area contributed by atoms with Crippen molar-refractivity contribution in [1.82, 2.24) is 4.57 Å². The van der Waals surface area contributed by atoms with Gasteiger partial charge in [0.25, 0.3) is 0 Å². The highest BCUT2D eigenvalue weighted by atomic mass is 35.5. The zero-order valence-corrected chi connectivity index (χ0v) is 15.6. The summed E-state index contributed by atoms with van der Waals surface area (Å²) < 4.78 is 29.6.